The van der Waals surface area contributed by atoms with Gasteiger partial charge in [-0.25, -0.2) is 0 Å². The van der Waals surface area contributed by atoms with Crippen LogP contribution in [0.1, 0.15) is 6.92 Å². The Labute approximate surface area is 128 Å². The van der Waals surface area contributed by atoms with Crippen LogP contribution < -0.4 is 4.74 Å². The predicted octanol–water partition coefficient (Wildman–Crippen LogP) is 5.63. The molecule has 20 heavy (non-hydrogen) atoms. The van der Waals surface area contributed by atoms with E-state index in [1.54, 1.807) is 0 Å². The van der Waals surface area contributed by atoms with E-state index >= 15 is 0 Å². The summed E-state index contributed by atoms with van der Waals surface area (Å²) < 4.78 is 6.73. The van der Waals surface area contributed by atoms with Gasteiger partial charge in [0.05, 0.1) is 0 Å². The van der Waals surface area contributed by atoms with Gasteiger partial charge in [0, 0.05) is 4.47 Å². The summed E-state index contributed by atoms with van der Waals surface area (Å²) in [5.74, 6) is 0.885. The molecule has 0 atom stereocenters. The van der Waals surface area contributed by atoms with Crippen molar-refractivity contribution in [2.24, 2.45) is 0 Å². The average molecular weight is 329 g/mol. The molecule has 0 bridgehead atoms. The second-order valence-electron chi connectivity index (χ2n) is 4.30. The fourth-order valence-corrected chi connectivity index (χ4v) is 2.04. The smallest absolute Gasteiger partial charge is 0.119 e. The van der Waals surface area contributed by atoms with Gasteiger partial charge in [-0.15, -0.1) is 0 Å². The minimum absolute atomic E-state index is 0.585. The second kappa shape index (κ2) is 7.71. The fourth-order valence-electron chi connectivity index (χ4n) is 1.78. The first-order valence-corrected chi connectivity index (χ1v) is 7.35. The molecule has 0 radical (unpaired) electrons. The zero-order valence-electron chi connectivity index (χ0n) is 11.4. The van der Waals surface area contributed by atoms with E-state index in [0.717, 1.165) is 10.2 Å². The van der Waals surface area contributed by atoms with Crippen molar-refractivity contribution in [1.82, 2.24) is 0 Å². The Morgan fingerprint density at radius 3 is 2.10 bits per heavy atom. The molecule has 2 heteroatoms. The Morgan fingerprint density at radius 1 is 0.900 bits per heavy atom. The average Bonchev–Trinajstić information content (AvgIpc) is 2.49. The van der Waals surface area contributed by atoms with Gasteiger partial charge in [-0.05, 0) is 48.4 Å². The van der Waals surface area contributed by atoms with Crippen LogP contribution in [0.25, 0.3) is 11.1 Å². The molecule has 102 valence electrons. The van der Waals surface area contributed by atoms with Crippen LogP contribution in [-0.4, -0.2) is 6.61 Å². The molecule has 2 aromatic carbocycles. The van der Waals surface area contributed by atoms with Crippen LogP contribution in [0.15, 0.2) is 77.3 Å². The van der Waals surface area contributed by atoms with E-state index in [4.69, 9.17) is 4.74 Å². The summed E-state index contributed by atoms with van der Waals surface area (Å²) in [6.45, 7) is 2.58. The quantitative estimate of drug-likeness (QED) is 0.646. The van der Waals surface area contributed by atoms with Crippen LogP contribution in [0, 0.1) is 0 Å². The predicted molar refractivity (Wildman–Crippen MR) is 89.0 cm³/mol. The van der Waals surface area contributed by atoms with E-state index in [1.807, 2.05) is 55.5 Å². The monoisotopic (exact) mass is 328 g/mol. The number of ether oxygens (including phenoxy) is 1. The molecule has 0 aliphatic rings. The first kappa shape index (κ1) is 14.6. The molecule has 0 unspecified atom stereocenters. The lowest BCUT2D eigenvalue weighted by molar-refractivity contribution is 0.363. The van der Waals surface area contributed by atoms with Gasteiger partial charge in [0.25, 0.3) is 0 Å². The van der Waals surface area contributed by atoms with Gasteiger partial charge < -0.3 is 4.74 Å². The molecule has 2 rings (SSSR count). The molecule has 0 heterocycles. The van der Waals surface area contributed by atoms with Crippen molar-refractivity contribution in [3.05, 3.63) is 77.3 Å². The van der Waals surface area contributed by atoms with Gasteiger partial charge in [0.15, 0.2) is 0 Å². The third kappa shape index (κ3) is 4.39. The number of benzene rings is 2. The van der Waals surface area contributed by atoms with Gasteiger partial charge in [0.2, 0.25) is 0 Å². The van der Waals surface area contributed by atoms with Crippen molar-refractivity contribution in [1.29, 1.82) is 0 Å². The van der Waals surface area contributed by atoms with Gasteiger partial charge >= 0.3 is 0 Å². The summed E-state index contributed by atoms with van der Waals surface area (Å²) in [6.07, 6.45) is 7.95. The standard InChI is InChI=1S/C18H17BrO/c1-2-3-4-5-14-20-18-12-8-16(9-13-18)15-6-10-17(19)11-7-15/h2-13H,14H2,1H3/b3-2+,5-4+. The summed E-state index contributed by atoms with van der Waals surface area (Å²) >= 11 is 3.44. The number of allylic oxidation sites excluding steroid dienone is 3. The summed E-state index contributed by atoms with van der Waals surface area (Å²) in [6, 6.07) is 16.4. The largest absolute Gasteiger partial charge is 0.490 e. The molecule has 2 aromatic rings. The minimum Gasteiger partial charge on any atom is -0.490 e. The van der Waals surface area contributed by atoms with Crippen molar-refractivity contribution >= 4 is 15.9 Å². The summed E-state index contributed by atoms with van der Waals surface area (Å²) in [5, 5.41) is 0. The summed E-state index contributed by atoms with van der Waals surface area (Å²) in [5.41, 5.74) is 2.39. The maximum Gasteiger partial charge on any atom is 0.119 e. The highest BCUT2D eigenvalue weighted by atomic mass is 79.9. The molecule has 0 amide bonds. The summed E-state index contributed by atoms with van der Waals surface area (Å²) in [7, 11) is 0. The fraction of sp³-hybridized carbons (Fsp3) is 0.111. The molecule has 0 saturated carbocycles. The van der Waals surface area contributed by atoms with Crippen LogP contribution in [0.3, 0.4) is 0 Å². The minimum atomic E-state index is 0.585. The molecular formula is C18H17BrO. The molecule has 0 aromatic heterocycles. The van der Waals surface area contributed by atoms with Crippen LogP contribution in [0.4, 0.5) is 0 Å². The van der Waals surface area contributed by atoms with Crippen molar-refractivity contribution in [3.8, 4) is 16.9 Å². The Kier molecular flexibility index (Phi) is 5.63. The number of halogens is 1. The lowest BCUT2D eigenvalue weighted by Gasteiger charge is -2.05. The van der Waals surface area contributed by atoms with Crippen LogP contribution in [-0.2, 0) is 0 Å². The number of hydrogen-bond acceptors (Lipinski definition) is 1. The Balaban J connectivity index is 1.97. The first-order chi connectivity index (χ1) is 9.79. The van der Waals surface area contributed by atoms with E-state index in [2.05, 4.69) is 40.2 Å². The van der Waals surface area contributed by atoms with Crippen molar-refractivity contribution < 1.29 is 4.74 Å². The summed E-state index contributed by atoms with van der Waals surface area (Å²) in [4.78, 5) is 0. The van der Waals surface area contributed by atoms with Gasteiger partial charge in [-0.2, -0.15) is 0 Å². The lowest BCUT2D eigenvalue weighted by Crippen LogP contribution is -1.92. The lowest BCUT2D eigenvalue weighted by atomic mass is 10.1. The van der Waals surface area contributed by atoms with E-state index in [9.17, 15) is 0 Å². The molecule has 0 N–H and O–H groups in total. The van der Waals surface area contributed by atoms with Crippen molar-refractivity contribution in [2.45, 2.75) is 6.92 Å². The Hall–Kier alpha value is -1.80. The van der Waals surface area contributed by atoms with Gasteiger partial charge in [-0.3, -0.25) is 0 Å². The van der Waals surface area contributed by atoms with Crippen molar-refractivity contribution in [3.63, 3.8) is 0 Å². The maximum atomic E-state index is 5.63. The van der Waals surface area contributed by atoms with Gasteiger partial charge in [-0.1, -0.05) is 58.4 Å². The number of rotatable bonds is 5. The highest BCUT2D eigenvalue weighted by Gasteiger charge is 1.98. The van der Waals surface area contributed by atoms with Crippen LogP contribution in [0.5, 0.6) is 5.75 Å². The highest BCUT2D eigenvalue weighted by molar-refractivity contribution is 9.10. The van der Waals surface area contributed by atoms with E-state index < -0.39 is 0 Å². The third-order valence-electron chi connectivity index (χ3n) is 2.82. The molecule has 0 saturated heterocycles. The van der Waals surface area contributed by atoms with Crippen LogP contribution >= 0.6 is 15.9 Å². The molecular weight excluding hydrogens is 312 g/mol. The highest BCUT2D eigenvalue weighted by Crippen LogP contribution is 2.24. The van der Waals surface area contributed by atoms with E-state index in [1.165, 1.54) is 11.1 Å². The first-order valence-electron chi connectivity index (χ1n) is 6.56. The normalized spacial score (nSPS) is 11.3. The molecule has 1 nitrogen and oxygen atoms in total. The number of hydrogen-bond donors (Lipinski definition) is 0. The zero-order valence-corrected chi connectivity index (χ0v) is 13.0. The maximum absolute atomic E-state index is 5.63. The third-order valence-corrected chi connectivity index (χ3v) is 3.35. The van der Waals surface area contributed by atoms with E-state index in [-0.39, 0.29) is 0 Å². The second-order valence-corrected chi connectivity index (χ2v) is 5.21. The zero-order chi connectivity index (χ0) is 14.2. The van der Waals surface area contributed by atoms with Crippen molar-refractivity contribution in [2.75, 3.05) is 6.61 Å². The van der Waals surface area contributed by atoms with Crippen LogP contribution in [0.2, 0.25) is 0 Å². The molecule has 0 spiro atoms. The Morgan fingerprint density at radius 2 is 1.50 bits per heavy atom. The topological polar surface area (TPSA) is 9.23 Å². The molecule has 0 fully saturated rings. The van der Waals surface area contributed by atoms with Gasteiger partial charge in [0.1, 0.15) is 12.4 Å². The van der Waals surface area contributed by atoms with E-state index in [0.29, 0.717) is 6.61 Å². The Bertz CT molecular complexity index is 580. The molecule has 0 aliphatic heterocycles. The SMILES string of the molecule is C/C=C/C=C/COc1ccc(-c2ccc(Br)cc2)cc1. The molecule has 0 aliphatic carbocycles.